The number of nitrogens with zero attached hydrogens (tertiary/aromatic N) is 1. The Morgan fingerprint density at radius 3 is 2.34 bits per heavy atom. The second kappa shape index (κ2) is 11.1. The lowest BCUT2D eigenvalue weighted by Gasteiger charge is -2.39. The maximum atomic E-state index is 14.3. The first kappa shape index (κ1) is 26.6. The maximum Gasteiger partial charge on any atom is 0.251 e. The number of hydrogen-bond donors (Lipinski definition) is 3. The van der Waals surface area contributed by atoms with Crippen LogP contribution in [0.25, 0.3) is 0 Å². The Balaban J connectivity index is 2.00. The molecule has 0 fully saturated rings. The summed E-state index contributed by atoms with van der Waals surface area (Å²) >= 11 is 6.20. The monoisotopic (exact) mass is 506 g/mol. The van der Waals surface area contributed by atoms with E-state index in [0.29, 0.717) is 17.0 Å². The van der Waals surface area contributed by atoms with Crippen LogP contribution in [-0.2, 0) is 20.8 Å². The van der Waals surface area contributed by atoms with Crippen LogP contribution >= 0.6 is 11.6 Å². The minimum atomic E-state index is -1.20. The van der Waals surface area contributed by atoms with Crippen LogP contribution in [0.15, 0.2) is 36.4 Å². The van der Waals surface area contributed by atoms with Crippen LogP contribution in [0.4, 0.5) is 14.5 Å². The molecule has 3 atom stereocenters. The molecule has 3 amide bonds. The van der Waals surface area contributed by atoms with Gasteiger partial charge in [0.25, 0.3) is 5.91 Å². The van der Waals surface area contributed by atoms with Crippen LogP contribution < -0.4 is 16.0 Å². The molecule has 0 radical (unpaired) electrons. The van der Waals surface area contributed by atoms with Gasteiger partial charge in [0, 0.05) is 11.6 Å². The fourth-order valence-electron chi connectivity index (χ4n) is 4.02. The van der Waals surface area contributed by atoms with E-state index in [1.54, 1.807) is 46.0 Å². The fourth-order valence-corrected chi connectivity index (χ4v) is 4.20. The average Bonchev–Trinajstić information content (AvgIpc) is 2.82. The van der Waals surface area contributed by atoms with Gasteiger partial charge in [-0.1, -0.05) is 37.6 Å². The number of hydrogen-bond acceptors (Lipinski definition) is 4. The molecule has 2 aromatic rings. The van der Waals surface area contributed by atoms with Crippen molar-refractivity contribution in [2.24, 2.45) is 5.92 Å². The molecule has 1 heterocycles. The molecule has 188 valence electrons. The van der Waals surface area contributed by atoms with E-state index in [0.717, 1.165) is 17.7 Å². The van der Waals surface area contributed by atoms with E-state index in [1.807, 2.05) is 0 Å². The summed E-state index contributed by atoms with van der Waals surface area (Å²) in [7, 11) is 1.63. The Morgan fingerprint density at radius 1 is 1.09 bits per heavy atom. The van der Waals surface area contributed by atoms with Gasteiger partial charge in [-0.05, 0) is 61.7 Å². The van der Waals surface area contributed by atoms with Gasteiger partial charge in [0.15, 0.2) is 0 Å². The van der Waals surface area contributed by atoms with Gasteiger partial charge in [-0.3, -0.25) is 14.4 Å². The number of benzene rings is 2. The number of nitrogens with one attached hydrogen (secondary N) is 3. The third-order valence-electron chi connectivity index (χ3n) is 6.14. The molecule has 0 bridgehead atoms. The number of carbonyl (C=O) groups excluding carboxylic acids is 3. The predicted octanol–water partition coefficient (Wildman–Crippen LogP) is 3.43. The van der Waals surface area contributed by atoms with Gasteiger partial charge in [0.05, 0.1) is 6.04 Å². The Bertz CT molecular complexity index is 1110. The van der Waals surface area contributed by atoms with E-state index < -0.39 is 47.3 Å². The van der Waals surface area contributed by atoms with Crippen molar-refractivity contribution < 1.29 is 23.2 Å². The van der Waals surface area contributed by atoms with E-state index in [-0.39, 0.29) is 18.4 Å². The summed E-state index contributed by atoms with van der Waals surface area (Å²) in [6, 6.07) is 5.61. The van der Waals surface area contributed by atoms with E-state index in [1.165, 1.54) is 11.0 Å². The molecule has 10 heteroatoms. The van der Waals surface area contributed by atoms with Crippen LogP contribution in [0.2, 0.25) is 5.02 Å². The maximum absolute atomic E-state index is 14.3. The average molecular weight is 507 g/mol. The summed E-state index contributed by atoms with van der Waals surface area (Å²) in [6.45, 7) is 5.40. The van der Waals surface area contributed by atoms with Gasteiger partial charge in [-0.15, -0.1) is 0 Å². The molecule has 1 aliphatic rings. The number of rotatable bonds is 7. The minimum Gasteiger partial charge on any atom is -0.343 e. The molecule has 0 spiro atoms. The van der Waals surface area contributed by atoms with Gasteiger partial charge in [0.1, 0.15) is 29.4 Å². The van der Waals surface area contributed by atoms with Crippen molar-refractivity contribution in [1.82, 2.24) is 15.5 Å². The van der Waals surface area contributed by atoms with Crippen molar-refractivity contribution in [1.29, 1.82) is 0 Å². The van der Waals surface area contributed by atoms with Crippen molar-refractivity contribution >= 4 is 35.0 Å². The minimum absolute atomic E-state index is 0.173. The first-order chi connectivity index (χ1) is 16.5. The second-order valence-corrected chi connectivity index (χ2v) is 9.29. The summed E-state index contributed by atoms with van der Waals surface area (Å²) in [6.07, 6.45) is 0.446. The zero-order valence-electron chi connectivity index (χ0n) is 20.0. The molecule has 3 N–H and O–H groups in total. The highest BCUT2D eigenvalue weighted by atomic mass is 35.5. The lowest BCUT2D eigenvalue weighted by Crippen LogP contribution is -2.57. The third-order valence-corrected chi connectivity index (χ3v) is 6.37. The lowest BCUT2D eigenvalue weighted by atomic mass is 9.90. The zero-order chi connectivity index (χ0) is 25.9. The lowest BCUT2D eigenvalue weighted by molar-refractivity contribution is -0.144. The number of halogens is 3. The highest BCUT2D eigenvalue weighted by molar-refractivity contribution is 6.30. The van der Waals surface area contributed by atoms with Gasteiger partial charge in [0.2, 0.25) is 11.8 Å². The molecule has 0 aromatic heterocycles. The molecule has 3 rings (SSSR count). The number of fused-ring (bicyclic) bond motifs is 1. The molecule has 7 nitrogen and oxygen atoms in total. The summed E-state index contributed by atoms with van der Waals surface area (Å²) in [5.41, 5.74) is 0.654. The largest absolute Gasteiger partial charge is 0.343 e. The van der Waals surface area contributed by atoms with Crippen molar-refractivity contribution in [2.45, 2.75) is 45.3 Å². The van der Waals surface area contributed by atoms with E-state index in [9.17, 15) is 23.2 Å². The molecule has 2 aromatic carbocycles. The summed E-state index contributed by atoms with van der Waals surface area (Å²) < 4.78 is 28.5. The summed E-state index contributed by atoms with van der Waals surface area (Å²) in [5.74, 6) is -3.80. The van der Waals surface area contributed by atoms with Crippen molar-refractivity contribution in [2.75, 3.05) is 18.9 Å². The fraction of sp³-hybridized carbons (Fsp3) is 0.400. The molecular formula is C25H29ClF2N4O3. The molecule has 0 aliphatic carbocycles. The van der Waals surface area contributed by atoms with Gasteiger partial charge in [-0.2, -0.15) is 0 Å². The Hall–Kier alpha value is -3.04. The Morgan fingerprint density at radius 2 is 1.74 bits per heavy atom. The number of para-hydroxylation sites is 1. The van der Waals surface area contributed by atoms with Crippen LogP contribution in [0.1, 0.15) is 37.9 Å². The quantitative estimate of drug-likeness (QED) is 0.536. The number of carbonyl (C=O) groups is 3. The summed E-state index contributed by atoms with van der Waals surface area (Å²) in [5, 5.41) is 8.24. The highest BCUT2D eigenvalue weighted by Crippen LogP contribution is 2.34. The van der Waals surface area contributed by atoms with Crippen LogP contribution in [0, 0.1) is 17.6 Å². The molecule has 35 heavy (non-hydrogen) atoms. The van der Waals surface area contributed by atoms with Crippen molar-refractivity contribution in [3.8, 4) is 0 Å². The van der Waals surface area contributed by atoms with Crippen molar-refractivity contribution in [3.63, 3.8) is 0 Å². The normalized spacial score (nSPS) is 16.9. The Labute approximate surface area is 208 Å². The topological polar surface area (TPSA) is 90.5 Å². The molecular weight excluding hydrogens is 478 g/mol. The standard InChI is InChI=1S/C25H29ClF2N4O3/c1-13(2)20(30-23(33)14(3)29-4)25(35)32-11-10-15-8-9-16(26)12-17(15)22(32)24(34)31-21-18(27)6-5-7-19(21)28/h5-9,12-14,20,22,29H,10-11H2,1-4H3,(H,30,33)(H,31,34). The van der Waals surface area contributed by atoms with Gasteiger partial charge >= 0.3 is 0 Å². The first-order valence-corrected chi connectivity index (χ1v) is 11.7. The molecule has 0 saturated heterocycles. The summed E-state index contributed by atoms with van der Waals surface area (Å²) in [4.78, 5) is 41.0. The van der Waals surface area contributed by atoms with E-state index in [4.69, 9.17) is 11.6 Å². The van der Waals surface area contributed by atoms with Crippen LogP contribution in [0.3, 0.4) is 0 Å². The zero-order valence-corrected chi connectivity index (χ0v) is 20.7. The second-order valence-electron chi connectivity index (χ2n) is 8.85. The number of anilines is 1. The molecule has 3 unspecified atom stereocenters. The predicted molar refractivity (Wildman–Crippen MR) is 130 cm³/mol. The smallest absolute Gasteiger partial charge is 0.251 e. The van der Waals surface area contributed by atoms with E-state index >= 15 is 0 Å². The third kappa shape index (κ3) is 5.79. The molecule has 0 saturated carbocycles. The van der Waals surface area contributed by atoms with E-state index in [2.05, 4.69) is 16.0 Å². The number of amides is 3. The van der Waals surface area contributed by atoms with Gasteiger partial charge in [-0.25, -0.2) is 8.78 Å². The van der Waals surface area contributed by atoms with Crippen molar-refractivity contribution in [3.05, 3.63) is 64.2 Å². The van der Waals surface area contributed by atoms with Crippen LogP contribution in [0.5, 0.6) is 0 Å². The SMILES string of the molecule is CNC(C)C(=O)NC(C(=O)N1CCc2ccc(Cl)cc2C1C(=O)Nc1c(F)cccc1F)C(C)C. The Kier molecular flexibility index (Phi) is 8.45. The van der Waals surface area contributed by atoms with Crippen LogP contribution in [-0.4, -0.2) is 48.3 Å². The first-order valence-electron chi connectivity index (χ1n) is 11.4. The highest BCUT2D eigenvalue weighted by Gasteiger charge is 2.40. The number of likely N-dealkylation sites (N-methyl/N-ethyl adjacent to an activating group) is 1. The molecule has 1 aliphatic heterocycles. The van der Waals surface area contributed by atoms with Gasteiger partial charge < -0.3 is 20.9 Å².